The summed E-state index contributed by atoms with van der Waals surface area (Å²) in [6, 6.07) is 15.0. The van der Waals surface area contributed by atoms with Crippen LogP contribution in [0.1, 0.15) is 22.0 Å². The molecule has 1 atom stereocenters. The first-order chi connectivity index (χ1) is 12.0. The fourth-order valence-electron chi connectivity index (χ4n) is 2.50. The number of imide groups is 1. The number of benzene rings is 2. The number of cyclic esters (lactones) is 1. The van der Waals surface area contributed by atoms with Crippen LogP contribution in [0.3, 0.4) is 0 Å². The zero-order valence-corrected chi connectivity index (χ0v) is 13.9. The molecule has 0 radical (unpaired) electrons. The van der Waals surface area contributed by atoms with Gasteiger partial charge < -0.3 is 10.1 Å². The van der Waals surface area contributed by atoms with Crippen molar-refractivity contribution in [3.8, 4) is 0 Å². The summed E-state index contributed by atoms with van der Waals surface area (Å²) in [5.74, 6) is -0.753. The number of carbonyl (C=O) groups excluding carboxylic acids is 3. The Morgan fingerprint density at radius 2 is 1.80 bits per heavy atom. The van der Waals surface area contributed by atoms with E-state index in [0.29, 0.717) is 10.6 Å². The molecule has 128 valence electrons. The van der Waals surface area contributed by atoms with Crippen LogP contribution < -0.4 is 5.32 Å². The Balaban J connectivity index is 1.81. The van der Waals surface area contributed by atoms with Crippen molar-refractivity contribution in [3.05, 3.63) is 70.7 Å². The predicted molar refractivity (Wildman–Crippen MR) is 91.2 cm³/mol. The minimum atomic E-state index is -0.702. The van der Waals surface area contributed by atoms with Gasteiger partial charge in [0.05, 0.1) is 12.6 Å². The highest BCUT2D eigenvalue weighted by Crippen LogP contribution is 2.18. The molecule has 0 spiro atoms. The maximum atomic E-state index is 12.5. The molecule has 7 heteroatoms. The lowest BCUT2D eigenvalue weighted by atomic mass is 10.1. The van der Waals surface area contributed by atoms with Gasteiger partial charge in [-0.05, 0) is 29.8 Å². The number of carbonyl (C=O) groups is 3. The molecule has 3 amide bonds. The molecule has 1 heterocycles. The molecule has 6 nitrogen and oxygen atoms in total. The van der Waals surface area contributed by atoms with Gasteiger partial charge in [0.25, 0.3) is 11.8 Å². The number of halogens is 1. The van der Waals surface area contributed by atoms with Crippen LogP contribution in [-0.2, 0) is 9.53 Å². The van der Waals surface area contributed by atoms with Gasteiger partial charge in [0.1, 0.15) is 0 Å². The second-order valence-electron chi connectivity index (χ2n) is 5.50. The quantitative estimate of drug-likeness (QED) is 0.891. The zero-order chi connectivity index (χ0) is 17.8. The summed E-state index contributed by atoms with van der Waals surface area (Å²) < 4.78 is 4.73. The molecule has 1 aliphatic heterocycles. The molecule has 0 aliphatic carbocycles. The van der Waals surface area contributed by atoms with E-state index in [1.807, 2.05) is 30.3 Å². The lowest BCUT2D eigenvalue weighted by Gasteiger charge is -2.22. The van der Waals surface area contributed by atoms with Gasteiger partial charge in [-0.2, -0.15) is 0 Å². The first-order valence-corrected chi connectivity index (χ1v) is 8.01. The Morgan fingerprint density at radius 1 is 1.12 bits per heavy atom. The highest BCUT2D eigenvalue weighted by Gasteiger charge is 2.33. The van der Waals surface area contributed by atoms with Gasteiger partial charge in [-0.1, -0.05) is 41.9 Å². The summed E-state index contributed by atoms with van der Waals surface area (Å²) in [4.78, 5) is 37.0. The molecule has 1 aliphatic rings. The van der Waals surface area contributed by atoms with E-state index in [1.54, 1.807) is 24.3 Å². The van der Waals surface area contributed by atoms with Crippen molar-refractivity contribution in [1.29, 1.82) is 0 Å². The normalized spacial score (nSPS) is 15.0. The maximum Gasteiger partial charge on any atom is 0.417 e. The maximum absolute atomic E-state index is 12.5. The molecule has 2 aromatic carbocycles. The number of amides is 3. The Labute approximate surface area is 149 Å². The molecule has 0 saturated carbocycles. The average molecular weight is 359 g/mol. The van der Waals surface area contributed by atoms with E-state index in [2.05, 4.69) is 5.32 Å². The number of nitrogens with one attached hydrogen (secondary N) is 1. The first-order valence-electron chi connectivity index (χ1n) is 7.63. The fourth-order valence-corrected chi connectivity index (χ4v) is 2.63. The third kappa shape index (κ3) is 3.97. The van der Waals surface area contributed by atoms with Gasteiger partial charge in [-0.3, -0.25) is 9.59 Å². The number of rotatable bonds is 5. The van der Waals surface area contributed by atoms with Crippen LogP contribution in [-0.4, -0.2) is 36.0 Å². The minimum Gasteiger partial charge on any atom is -0.439 e. The van der Waals surface area contributed by atoms with E-state index in [-0.39, 0.29) is 19.1 Å². The Hall–Kier alpha value is -2.86. The third-order valence-corrected chi connectivity index (χ3v) is 4.07. The average Bonchev–Trinajstić information content (AvgIpc) is 2.94. The molecule has 0 aromatic heterocycles. The summed E-state index contributed by atoms with van der Waals surface area (Å²) in [6.45, 7) is -0.271. The summed E-state index contributed by atoms with van der Waals surface area (Å²) in [5.41, 5.74) is 1.21. The molecule has 2 aromatic rings. The van der Waals surface area contributed by atoms with Crippen LogP contribution in [0.4, 0.5) is 4.79 Å². The highest BCUT2D eigenvalue weighted by atomic mass is 35.5. The highest BCUT2D eigenvalue weighted by molar-refractivity contribution is 6.30. The molecule has 1 unspecified atom stereocenters. The van der Waals surface area contributed by atoms with E-state index in [1.165, 1.54) is 0 Å². The molecule has 1 saturated heterocycles. The lowest BCUT2D eigenvalue weighted by Crippen LogP contribution is -2.40. The summed E-state index contributed by atoms with van der Waals surface area (Å²) in [6.07, 6.45) is -0.702. The second-order valence-corrected chi connectivity index (χ2v) is 5.94. The van der Waals surface area contributed by atoms with Gasteiger partial charge in [-0.15, -0.1) is 0 Å². The molecule has 3 rings (SSSR count). The van der Waals surface area contributed by atoms with E-state index in [9.17, 15) is 14.4 Å². The first kappa shape index (κ1) is 17.0. The summed E-state index contributed by atoms with van der Waals surface area (Å²) >= 11 is 5.84. The third-order valence-electron chi connectivity index (χ3n) is 3.82. The van der Waals surface area contributed by atoms with Crippen molar-refractivity contribution in [3.63, 3.8) is 0 Å². The van der Waals surface area contributed by atoms with E-state index >= 15 is 0 Å². The SMILES string of the molecule is O=C(NC(CN1C(=O)COC1=O)c1ccccc1)c1ccc(Cl)cc1. The van der Waals surface area contributed by atoms with Crippen molar-refractivity contribution in [1.82, 2.24) is 10.2 Å². The molecular formula is C18H15ClN2O4. The van der Waals surface area contributed by atoms with Crippen LogP contribution in [0.5, 0.6) is 0 Å². The van der Waals surface area contributed by atoms with Gasteiger partial charge in [0.2, 0.25) is 0 Å². The predicted octanol–water partition coefficient (Wildman–Crippen LogP) is 2.79. The van der Waals surface area contributed by atoms with Crippen molar-refractivity contribution in [2.75, 3.05) is 13.2 Å². The second kappa shape index (κ2) is 7.36. The van der Waals surface area contributed by atoms with Gasteiger partial charge in [0.15, 0.2) is 6.61 Å². The van der Waals surface area contributed by atoms with Gasteiger partial charge in [0, 0.05) is 10.6 Å². The lowest BCUT2D eigenvalue weighted by molar-refractivity contribution is -0.126. The number of hydrogen-bond donors (Lipinski definition) is 1. The monoisotopic (exact) mass is 358 g/mol. The van der Waals surface area contributed by atoms with Crippen LogP contribution >= 0.6 is 11.6 Å². The number of hydrogen-bond acceptors (Lipinski definition) is 4. The van der Waals surface area contributed by atoms with Crippen LogP contribution in [0.2, 0.25) is 5.02 Å². The van der Waals surface area contributed by atoms with Crippen molar-refractivity contribution in [2.45, 2.75) is 6.04 Å². The van der Waals surface area contributed by atoms with Crippen LogP contribution in [0.25, 0.3) is 0 Å². The molecular weight excluding hydrogens is 344 g/mol. The van der Waals surface area contributed by atoms with Gasteiger partial charge in [-0.25, -0.2) is 9.69 Å². The van der Waals surface area contributed by atoms with E-state index < -0.39 is 18.0 Å². The Kier molecular flexibility index (Phi) is 5.00. The van der Waals surface area contributed by atoms with Crippen LogP contribution in [0.15, 0.2) is 54.6 Å². The molecule has 1 fully saturated rings. The summed E-state index contributed by atoms with van der Waals surface area (Å²) in [5, 5.41) is 3.38. The Morgan fingerprint density at radius 3 is 2.40 bits per heavy atom. The molecule has 1 N–H and O–H groups in total. The standard InChI is InChI=1S/C18H15ClN2O4/c19-14-8-6-13(7-9-14)17(23)20-15(12-4-2-1-3-5-12)10-21-16(22)11-25-18(21)24/h1-9,15H,10-11H2,(H,20,23). The fraction of sp³-hybridized carbons (Fsp3) is 0.167. The zero-order valence-electron chi connectivity index (χ0n) is 13.1. The van der Waals surface area contributed by atoms with Crippen molar-refractivity contribution < 1.29 is 19.1 Å². The molecule has 0 bridgehead atoms. The Bertz CT molecular complexity index is 776. The number of ether oxygens (including phenoxy) is 1. The van der Waals surface area contributed by atoms with Gasteiger partial charge >= 0.3 is 6.09 Å². The van der Waals surface area contributed by atoms with Crippen molar-refractivity contribution >= 4 is 29.5 Å². The van der Waals surface area contributed by atoms with Crippen molar-refractivity contribution in [2.24, 2.45) is 0 Å². The number of nitrogens with zero attached hydrogens (tertiary/aromatic N) is 1. The summed E-state index contributed by atoms with van der Waals surface area (Å²) in [7, 11) is 0. The topological polar surface area (TPSA) is 75.7 Å². The molecule has 25 heavy (non-hydrogen) atoms. The largest absolute Gasteiger partial charge is 0.439 e. The smallest absolute Gasteiger partial charge is 0.417 e. The van der Waals surface area contributed by atoms with E-state index in [0.717, 1.165) is 10.5 Å². The van der Waals surface area contributed by atoms with Crippen LogP contribution in [0, 0.1) is 0 Å². The minimum absolute atomic E-state index is 0.00100. The van der Waals surface area contributed by atoms with E-state index in [4.69, 9.17) is 16.3 Å².